The number of hydrogen-bond donors (Lipinski definition) is 4. The van der Waals surface area contributed by atoms with E-state index in [1.807, 2.05) is 4.90 Å². The molecular weight excluding hydrogens is 272 g/mol. The lowest BCUT2D eigenvalue weighted by Gasteiger charge is -2.18. The van der Waals surface area contributed by atoms with Gasteiger partial charge in [-0.1, -0.05) is 0 Å². The molecule has 0 bridgehead atoms. The Balaban J connectivity index is 2.13. The van der Waals surface area contributed by atoms with Crippen molar-refractivity contribution in [3.8, 4) is 0 Å². The molecule has 5 N–H and O–H groups in total. The molecule has 0 aromatic carbocycles. The highest BCUT2D eigenvalue weighted by atomic mass is 19.3. The molecule has 8 nitrogen and oxygen atoms in total. The van der Waals surface area contributed by atoms with E-state index in [9.17, 15) is 8.78 Å². The van der Waals surface area contributed by atoms with E-state index in [1.165, 1.54) is 0 Å². The second-order valence-corrected chi connectivity index (χ2v) is 4.49. The van der Waals surface area contributed by atoms with Crippen LogP contribution < -0.4 is 21.5 Å². The highest BCUT2D eigenvalue weighted by Gasteiger charge is 2.28. The van der Waals surface area contributed by atoms with Gasteiger partial charge in [-0.2, -0.15) is 15.0 Å². The summed E-state index contributed by atoms with van der Waals surface area (Å²) in [4.78, 5) is 14.0. The van der Waals surface area contributed by atoms with Crippen molar-refractivity contribution >= 4 is 17.8 Å². The predicted molar refractivity (Wildman–Crippen MR) is 69.6 cm³/mol. The Bertz CT molecular complexity index is 453. The van der Waals surface area contributed by atoms with E-state index < -0.39 is 19.1 Å². The molecule has 1 aromatic rings. The lowest BCUT2D eigenvalue weighted by Crippen LogP contribution is -2.32. The molecular formula is C10H17F2N7O. The summed E-state index contributed by atoms with van der Waals surface area (Å²) in [6, 6.07) is 0. The first-order valence-corrected chi connectivity index (χ1v) is 6.24. The summed E-state index contributed by atoms with van der Waals surface area (Å²) >= 11 is 0. The molecule has 1 aliphatic rings. The minimum atomic E-state index is -3.24. The first-order chi connectivity index (χ1) is 9.54. The first-order valence-electron chi connectivity index (χ1n) is 6.24. The van der Waals surface area contributed by atoms with Crippen molar-refractivity contribution in [2.45, 2.75) is 18.8 Å². The van der Waals surface area contributed by atoms with Crippen LogP contribution in [0.25, 0.3) is 0 Å². The molecule has 1 saturated heterocycles. The summed E-state index contributed by atoms with van der Waals surface area (Å²) in [7, 11) is 0. The lowest BCUT2D eigenvalue weighted by molar-refractivity contribution is -0.0374. The molecule has 0 unspecified atom stereocenters. The number of hydrazine groups is 1. The topological polar surface area (TPSA) is 112 Å². The van der Waals surface area contributed by atoms with Crippen LogP contribution in [0.3, 0.4) is 0 Å². The largest absolute Gasteiger partial charge is 0.390 e. The van der Waals surface area contributed by atoms with Crippen molar-refractivity contribution in [3.05, 3.63) is 0 Å². The Hall–Kier alpha value is -1.81. The average molecular weight is 289 g/mol. The Labute approximate surface area is 114 Å². The predicted octanol–water partition coefficient (Wildman–Crippen LogP) is -0.203. The van der Waals surface area contributed by atoms with Gasteiger partial charge in [-0.25, -0.2) is 14.6 Å². The molecule has 2 rings (SSSR count). The number of nitrogens with zero attached hydrogens (tertiary/aromatic N) is 4. The van der Waals surface area contributed by atoms with Gasteiger partial charge in [0.05, 0.1) is 6.54 Å². The van der Waals surface area contributed by atoms with Crippen molar-refractivity contribution in [1.29, 1.82) is 0 Å². The smallest absolute Gasteiger partial charge is 0.287 e. The maximum Gasteiger partial charge on any atom is 0.287 e. The molecule has 2 heterocycles. The number of alkyl halides is 2. The summed E-state index contributed by atoms with van der Waals surface area (Å²) in [5.74, 6) is 2.49. The molecule has 10 heteroatoms. The minimum Gasteiger partial charge on any atom is -0.390 e. The standard InChI is InChI=1S/C10H17F2N7O/c11-10(12,6-20)5-14-7-15-8(18-13)17-9(16-7)19-3-1-2-4-19/h20H,1-6,13H2,(H2,14,15,16,17,18). The highest BCUT2D eigenvalue weighted by Crippen LogP contribution is 2.19. The molecule has 112 valence electrons. The number of hydrogen-bond acceptors (Lipinski definition) is 8. The van der Waals surface area contributed by atoms with Crippen LogP contribution in [0.15, 0.2) is 0 Å². The van der Waals surface area contributed by atoms with Gasteiger partial charge in [0.25, 0.3) is 5.92 Å². The normalized spacial score (nSPS) is 15.5. The maximum absolute atomic E-state index is 13.0. The molecule has 1 fully saturated rings. The average Bonchev–Trinajstić information content (AvgIpc) is 2.99. The van der Waals surface area contributed by atoms with Gasteiger partial charge in [0, 0.05) is 13.1 Å². The Morgan fingerprint density at radius 1 is 1.20 bits per heavy atom. The van der Waals surface area contributed by atoms with Crippen molar-refractivity contribution in [3.63, 3.8) is 0 Å². The number of nitrogens with one attached hydrogen (secondary N) is 2. The summed E-state index contributed by atoms with van der Waals surface area (Å²) < 4.78 is 26.0. The van der Waals surface area contributed by atoms with Gasteiger partial charge in [-0.05, 0) is 12.8 Å². The molecule has 1 aliphatic heterocycles. The van der Waals surface area contributed by atoms with Gasteiger partial charge >= 0.3 is 0 Å². The monoisotopic (exact) mass is 289 g/mol. The molecule has 0 aliphatic carbocycles. The number of nitrogen functional groups attached to an aromatic ring is 1. The van der Waals surface area contributed by atoms with Crippen LogP contribution in [0.5, 0.6) is 0 Å². The summed E-state index contributed by atoms with van der Waals surface area (Å²) in [6.45, 7) is -0.399. The first kappa shape index (κ1) is 14.6. The number of aromatic nitrogens is 3. The zero-order valence-corrected chi connectivity index (χ0v) is 10.8. The number of aliphatic hydroxyl groups is 1. The third-order valence-electron chi connectivity index (χ3n) is 2.88. The number of halogens is 2. The van der Waals surface area contributed by atoms with Crippen LogP contribution in [0.2, 0.25) is 0 Å². The van der Waals surface area contributed by atoms with Gasteiger partial charge in [0.15, 0.2) is 0 Å². The van der Waals surface area contributed by atoms with Crippen LogP contribution in [0, 0.1) is 0 Å². The SMILES string of the molecule is NNc1nc(NCC(F)(F)CO)nc(N2CCCC2)n1. The van der Waals surface area contributed by atoms with E-state index in [0.29, 0.717) is 5.95 Å². The molecule has 0 amide bonds. The number of rotatable bonds is 6. The fourth-order valence-corrected chi connectivity index (χ4v) is 1.83. The lowest BCUT2D eigenvalue weighted by atomic mass is 10.3. The number of anilines is 3. The fourth-order valence-electron chi connectivity index (χ4n) is 1.83. The van der Waals surface area contributed by atoms with Crippen LogP contribution in [0.1, 0.15) is 12.8 Å². The molecule has 1 aromatic heterocycles. The van der Waals surface area contributed by atoms with Crippen molar-refractivity contribution in [1.82, 2.24) is 15.0 Å². The quantitative estimate of drug-likeness (QED) is 0.420. The second-order valence-electron chi connectivity index (χ2n) is 4.49. The highest BCUT2D eigenvalue weighted by molar-refractivity contribution is 5.43. The van der Waals surface area contributed by atoms with Crippen molar-refractivity contribution in [2.24, 2.45) is 5.84 Å². The summed E-state index contributed by atoms with van der Waals surface area (Å²) in [6.07, 6.45) is 2.06. The van der Waals surface area contributed by atoms with Gasteiger partial charge < -0.3 is 15.3 Å². The summed E-state index contributed by atoms with van der Waals surface area (Å²) in [5.41, 5.74) is 2.28. The third kappa shape index (κ3) is 3.61. The summed E-state index contributed by atoms with van der Waals surface area (Å²) in [5, 5.41) is 10.9. The Morgan fingerprint density at radius 2 is 1.85 bits per heavy atom. The van der Waals surface area contributed by atoms with E-state index in [4.69, 9.17) is 10.9 Å². The molecule has 0 atom stereocenters. The minimum absolute atomic E-state index is 0.0111. The Morgan fingerprint density at radius 3 is 2.45 bits per heavy atom. The molecule has 0 spiro atoms. The third-order valence-corrected chi connectivity index (χ3v) is 2.88. The van der Waals surface area contributed by atoms with E-state index in [-0.39, 0.29) is 11.9 Å². The molecule has 20 heavy (non-hydrogen) atoms. The Kier molecular flexibility index (Phi) is 4.45. The van der Waals surface area contributed by atoms with E-state index in [0.717, 1.165) is 25.9 Å². The second kappa shape index (κ2) is 6.09. The zero-order valence-electron chi connectivity index (χ0n) is 10.8. The maximum atomic E-state index is 13.0. The van der Waals surface area contributed by atoms with Crippen LogP contribution in [-0.4, -0.2) is 52.2 Å². The van der Waals surface area contributed by atoms with Crippen LogP contribution in [0.4, 0.5) is 26.6 Å². The van der Waals surface area contributed by atoms with Crippen molar-refractivity contribution in [2.75, 3.05) is 41.9 Å². The van der Waals surface area contributed by atoms with Crippen LogP contribution >= 0.6 is 0 Å². The van der Waals surface area contributed by atoms with E-state index in [1.54, 1.807) is 0 Å². The van der Waals surface area contributed by atoms with E-state index >= 15 is 0 Å². The van der Waals surface area contributed by atoms with Crippen molar-refractivity contribution < 1.29 is 13.9 Å². The fraction of sp³-hybridized carbons (Fsp3) is 0.700. The molecule has 0 saturated carbocycles. The van der Waals surface area contributed by atoms with Gasteiger partial charge in [-0.3, -0.25) is 5.43 Å². The molecule has 0 radical (unpaired) electrons. The number of nitrogens with two attached hydrogens (primary N) is 1. The zero-order chi connectivity index (χ0) is 14.6. The van der Waals surface area contributed by atoms with E-state index in [2.05, 4.69) is 25.7 Å². The number of aliphatic hydroxyl groups excluding tert-OH is 1. The van der Waals surface area contributed by atoms with Gasteiger partial charge in [0.2, 0.25) is 17.8 Å². The van der Waals surface area contributed by atoms with Crippen LogP contribution in [-0.2, 0) is 0 Å². The van der Waals surface area contributed by atoms with Gasteiger partial charge in [0.1, 0.15) is 6.61 Å². The van der Waals surface area contributed by atoms with Gasteiger partial charge in [-0.15, -0.1) is 0 Å².